The number of carbonyl (C=O) groups excluding carboxylic acids is 3. The van der Waals surface area contributed by atoms with E-state index in [1.54, 1.807) is 6.92 Å². The Morgan fingerprint density at radius 1 is 1.38 bits per heavy atom. The van der Waals surface area contributed by atoms with E-state index in [4.69, 9.17) is 9.47 Å². The quantitative estimate of drug-likeness (QED) is 0.350. The van der Waals surface area contributed by atoms with Crippen LogP contribution in [0.4, 0.5) is 10.6 Å². The van der Waals surface area contributed by atoms with E-state index in [1.807, 2.05) is 5.32 Å². The van der Waals surface area contributed by atoms with Gasteiger partial charge in [0.25, 0.3) is 5.91 Å². The van der Waals surface area contributed by atoms with Gasteiger partial charge in [-0.3, -0.25) is 10.1 Å². The van der Waals surface area contributed by atoms with Gasteiger partial charge in [-0.2, -0.15) is 0 Å². The standard InChI is InChI=1S/C12H17N5O7/c1-8-14-5-10(17(21)22)16(8)3-4-24-11(19)7-23-6-9(18)15-12(20)13-2/h5H,3-4,6-7H2,1-2H3,(H2,13,15,18,20). The first-order valence-electron chi connectivity index (χ1n) is 6.76. The van der Waals surface area contributed by atoms with Gasteiger partial charge in [-0.15, -0.1) is 0 Å². The first-order chi connectivity index (χ1) is 11.3. The van der Waals surface area contributed by atoms with Gasteiger partial charge in [-0.05, 0) is 4.92 Å². The highest BCUT2D eigenvalue weighted by molar-refractivity contribution is 5.94. The van der Waals surface area contributed by atoms with Gasteiger partial charge < -0.3 is 24.9 Å². The molecular formula is C12H17N5O7. The van der Waals surface area contributed by atoms with Crippen molar-refractivity contribution < 1.29 is 28.8 Å². The Morgan fingerprint density at radius 3 is 2.71 bits per heavy atom. The molecule has 0 aromatic carbocycles. The number of imidazole rings is 1. The van der Waals surface area contributed by atoms with Crippen LogP contribution in [-0.2, 0) is 25.6 Å². The number of urea groups is 1. The molecule has 1 aromatic rings. The molecule has 0 unspecified atom stereocenters. The minimum absolute atomic E-state index is 0.0606. The van der Waals surface area contributed by atoms with Crippen LogP contribution in [0.1, 0.15) is 5.82 Å². The molecule has 0 bridgehead atoms. The number of rotatable bonds is 8. The fraction of sp³-hybridized carbons (Fsp3) is 0.500. The highest BCUT2D eigenvalue weighted by atomic mass is 16.6. The smallest absolute Gasteiger partial charge is 0.342 e. The third-order valence-corrected chi connectivity index (χ3v) is 2.73. The minimum Gasteiger partial charge on any atom is -0.460 e. The lowest BCUT2D eigenvalue weighted by atomic mass is 10.5. The second-order valence-corrected chi connectivity index (χ2v) is 4.41. The number of aromatic nitrogens is 2. The van der Waals surface area contributed by atoms with Crippen LogP contribution in [-0.4, -0.2) is 59.3 Å². The molecule has 0 aliphatic heterocycles. The van der Waals surface area contributed by atoms with E-state index in [0.29, 0.717) is 5.82 Å². The number of ether oxygens (including phenoxy) is 2. The number of nitrogens with zero attached hydrogens (tertiary/aromatic N) is 3. The number of carbonyl (C=O) groups is 3. The van der Waals surface area contributed by atoms with Gasteiger partial charge in [-0.25, -0.2) is 19.1 Å². The number of nitrogens with one attached hydrogen (secondary N) is 2. The van der Waals surface area contributed by atoms with E-state index in [9.17, 15) is 24.5 Å². The topological polar surface area (TPSA) is 155 Å². The lowest BCUT2D eigenvalue weighted by molar-refractivity contribution is -0.392. The molecule has 0 saturated heterocycles. The molecule has 24 heavy (non-hydrogen) atoms. The maximum absolute atomic E-state index is 11.4. The Morgan fingerprint density at radius 2 is 2.08 bits per heavy atom. The summed E-state index contributed by atoms with van der Waals surface area (Å²) in [7, 11) is 1.34. The Bertz CT molecular complexity index is 627. The van der Waals surface area contributed by atoms with Crippen LogP contribution in [0.2, 0.25) is 0 Å². The second-order valence-electron chi connectivity index (χ2n) is 4.41. The molecular weight excluding hydrogens is 326 g/mol. The van der Waals surface area contributed by atoms with Crippen molar-refractivity contribution in [3.05, 3.63) is 22.1 Å². The third kappa shape index (κ3) is 6.00. The average molecular weight is 343 g/mol. The second kappa shape index (κ2) is 9.19. The molecule has 0 aliphatic carbocycles. The summed E-state index contributed by atoms with van der Waals surface area (Å²) in [5.41, 5.74) is 0. The number of amides is 3. The maximum Gasteiger partial charge on any atom is 0.342 e. The summed E-state index contributed by atoms with van der Waals surface area (Å²) < 4.78 is 10.9. The van der Waals surface area contributed by atoms with Crippen molar-refractivity contribution in [2.24, 2.45) is 0 Å². The lowest BCUT2D eigenvalue weighted by Crippen LogP contribution is -2.39. The summed E-state index contributed by atoms with van der Waals surface area (Å²) >= 11 is 0. The summed E-state index contributed by atoms with van der Waals surface area (Å²) in [6, 6.07) is -0.691. The molecule has 12 nitrogen and oxygen atoms in total. The summed E-state index contributed by atoms with van der Waals surface area (Å²) in [6.07, 6.45) is 1.12. The number of hydrogen-bond donors (Lipinski definition) is 2. The van der Waals surface area contributed by atoms with Gasteiger partial charge >= 0.3 is 17.8 Å². The molecule has 132 valence electrons. The molecule has 1 aromatic heterocycles. The van der Waals surface area contributed by atoms with Crippen molar-refractivity contribution in [3.63, 3.8) is 0 Å². The summed E-state index contributed by atoms with van der Waals surface area (Å²) in [6.45, 7) is 0.541. The molecule has 1 rings (SSSR count). The normalized spacial score (nSPS) is 10.1. The van der Waals surface area contributed by atoms with Crippen molar-refractivity contribution in [1.82, 2.24) is 20.2 Å². The van der Waals surface area contributed by atoms with Gasteiger partial charge in [0.1, 0.15) is 32.6 Å². The van der Waals surface area contributed by atoms with Crippen molar-refractivity contribution in [3.8, 4) is 0 Å². The summed E-state index contributed by atoms with van der Waals surface area (Å²) in [4.78, 5) is 47.4. The molecule has 0 spiro atoms. The van der Waals surface area contributed by atoms with Crippen LogP contribution in [0.15, 0.2) is 6.20 Å². The van der Waals surface area contributed by atoms with E-state index in [-0.39, 0.29) is 19.0 Å². The highest BCUT2D eigenvalue weighted by Crippen LogP contribution is 2.12. The molecule has 12 heteroatoms. The fourth-order valence-electron chi connectivity index (χ4n) is 1.62. The Balaban J connectivity index is 2.28. The van der Waals surface area contributed by atoms with E-state index in [1.165, 1.54) is 11.6 Å². The van der Waals surface area contributed by atoms with Gasteiger partial charge in [-0.1, -0.05) is 0 Å². The molecule has 0 fully saturated rings. The molecule has 0 saturated carbocycles. The zero-order chi connectivity index (χ0) is 18.1. The zero-order valence-corrected chi connectivity index (χ0v) is 13.1. The molecule has 0 atom stereocenters. The van der Waals surface area contributed by atoms with Gasteiger partial charge in [0.2, 0.25) is 0 Å². The first-order valence-corrected chi connectivity index (χ1v) is 6.76. The lowest BCUT2D eigenvalue weighted by Gasteiger charge is -2.06. The van der Waals surface area contributed by atoms with Gasteiger partial charge in [0.15, 0.2) is 5.82 Å². The highest BCUT2D eigenvalue weighted by Gasteiger charge is 2.17. The van der Waals surface area contributed by atoms with Crippen LogP contribution in [0.25, 0.3) is 0 Å². The average Bonchev–Trinajstić information content (AvgIpc) is 2.88. The van der Waals surface area contributed by atoms with E-state index < -0.39 is 36.0 Å². The van der Waals surface area contributed by atoms with Crippen molar-refractivity contribution >= 4 is 23.7 Å². The molecule has 3 amide bonds. The monoisotopic (exact) mass is 343 g/mol. The molecule has 0 aliphatic rings. The summed E-state index contributed by atoms with van der Waals surface area (Å²) in [5.74, 6) is -1.25. The van der Waals surface area contributed by atoms with Crippen molar-refractivity contribution in [2.45, 2.75) is 13.5 Å². The summed E-state index contributed by atoms with van der Waals surface area (Å²) in [5, 5.41) is 14.9. The van der Waals surface area contributed by atoms with Gasteiger partial charge in [0.05, 0.1) is 0 Å². The van der Waals surface area contributed by atoms with E-state index in [0.717, 1.165) is 6.20 Å². The van der Waals surface area contributed by atoms with Gasteiger partial charge in [0, 0.05) is 14.0 Å². The van der Waals surface area contributed by atoms with Crippen LogP contribution >= 0.6 is 0 Å². The predicted molar refractivity (Wildman–Crippen MR) is 78.0 cm³/mol. The van der Waals surface area contributed by atoms with E-state index >= 15 is 0 Å². The number of nitro groups is 1. The number of hydrogen-bond acceptors (Lipinski definition) is 8. The zero-order valence-electron chi connectivity index (χ0n) is 13.1. The van der Waals surface area contributed by atoms with Crippen LogP contribution < -0.4 is 10.6 Å². The molecule has 2 N–H and O–H groups in total. The van der Waals surface area contributed by atoms with E-state index in [2.05, 4.69) is 10.3 Å². The Kier molecular flexibility index (Phi) is 7.29. The number of esters is 1. The van der Waals surface area contributed by atoms with Crippen LogP contribution in [0.5, 0.6) is 0 Å². The number of aryl methyl sites for hydroxylation is 1. The molecule has 0 radical (unpaired) electrons. The third-order valence-electron chi connectivity index (χ3n) is 2.73. The van der Waals surface area contributed by atoms with Crippen molar-refractivity contribution in [2.75, 3.05) is 26.9 Å². The molecule has 1 heterocycles. The Hall–Kier alpha value is -3.02. The minimum atomic E-state index is -0.747. The van der Waals surface area contributed by atoms with Crippen LogP contribution in [0.3, 0.4) is 0 Å². The maximum atomic E-state index is 11.4. The number of imide groups is 1. The SMILES string of the molecule is CNC(=O)NC(=O)COCC(=O)OCCn1c([N+](=O)[O-])cnc1C. The van der Waals surface area contributed by atoms with Crippen molar-refractivity contribution in [1.29, 1.82) is 0 Å². The fourth-order valence-corrected chi connectivity index (χ4v) is 1.62. The van der Waals surface area contributed by atoms with Crippen LogP contribution in [0, 0.1) is 17.0 Å². The first kappa shape index (κ1) is 19.0. The Labute approximate surface area is 136 Å². The largest absolute Gasteiger partial charge is 0.460 e. The predicted octanol–water partition coefficient (Wildman–Crippen LogP) is -0.885.